The number of rotatable bonds is 7. The van der Waals surface area contributed by atoms with Crippen LogP contribution in [0.15, 0.2) is 24.4 Å². The number of carbonyl (C=O) groups is 1. The molecule has 21 heavy (non-hydrogen) atoms. The molecule has 4 nitrogen and oxygen atoms in total. The van der Waals surface area contributed by atoms with Gasteiger partial charge in [-0.1, -0.05) is 6.07 Å². The van der Waals surface area contributed by atoms with Crippen LogP contribution in [0, 0.1) is 5.92 Å². The number of aromatic nitrogens is 1. The Morgan fingerprint density at radius 3 is 3.05 bits per heavy atom. The number of hydrogen-bond acceptors (Lipinski definition) is 4. The molecule has 2 aliphatic rings. The molecular formula is C16H23N3OS. The van der Waals surface area contributed by atoms with E-state index in [9.17, 15) is 4.79 Å². The van der Waals surface area contributed by atoms with Gasteiger partial charge < -0.3 is 10.2 Å². The Morgan fingerprint density at radius 1 is 1.38 bits per heavy atom. The Bertz CT molecular complexity index is 464. The van der Waals surface area contributed by atoms with E-state index in [0.29, 0.717) is 11.7 Å². The molecular weight excluding hydrogens is 282 g/mol. The predicted molar refractivity (Wildman–Crippen MR) is 86.1 cm³/mol. The third-order valence-electron chi connectivity index (χ3n) is 4.18. The van der Waals surface area contributed by atoms with Gasteiger partial charge in [0.2, 0.25) is 5.91 Å². The Balaban J connectivity index is 1.28. The monoisotopic (exact) mass is 305 g/mol. The van der Waals surface area contributed by atoms with Crippen LogP contribution in [0.25, 0.3) is 0 Å². The van der Waals surface area contributed by atoms with Crippen LogP contribution >= 0.6 is 11.8 Å². The highest BCUT2D eigenvalue weighted by molar-refractivity contribution is 7.99. The zero-order chi connectivity index (χ0) is 14.5. The first-order valence-electron chi connectivity index (χ1n) is 7.79. The summed E-state index contributed by atoms with van der Waals surface area (Å²) >= 11 is 1.63. The van der Waals surface area contributed by atoms with Crippen molar-refractivity contribution in [3.8, 4) is 0 Å². The summed E-state index contributed by atoms with van der Waals surface area (Å²) in [5.74, 6) is 2.12. The number of thioether (sulfide) groups is 1. The summed E-state index contributed by atoms with van der Waals surface area (Å²) in [5, 5.41) is 3.08. The molecule has 1 aromatic rings. The zero-order valence-electron chi connectivity index (χ0n) is 12.3. The summed E-state index contributed by atoms with van der Waals surface area (Å²) < 4.78 is 0. The van der Waals surface area contributed by atoms with Crippen molar-refractivity contribution in [2.75, 3.05) is 25.4 Å². The fraction of sp³-hybridized carbons (Fsp3) is 0.625. The molecule has 0 spiro atoms. The van der Waals surface area contributed by atoms with E-state index in [1.165, 1.54) is 32.4 Å². The van der Waals surface area contributed by atoms with Crippen LogP contribution in [0.3, 0.4) is 0 Å². The van der Waals surface area contributed by atoms with Gasteiger partial charge in [0.1, 0.15) is 0 Å². The molecule has 1 aliphatic heterocycles. The lowest BCUT2D eigenvalue weighted by molar-refractivity contribution is -0.118. The van der Waals surface area contributed by atoms with Crippen LogP contribution in [-0.2, 0) is 10.5 Å². The summed E-state index contributed by atoms with van der Waals surface area (Å²) in [7, 11) is 0. The lowest BCUT2D eigenvalue weighted by Gasteiger charge is -2.15. The molecule has 2 heterocycles. The van der Waals surface area contributed by atoms with Crippen molar-refractivity contribution in [2.24, 2.45) is 5.92 Å². The second-order valence-corrected chi connectivity index (χ2v) is 6.98. The van der Waals surface area contributed by atoms with Crippen molar-refractivity contribution >= 4 is 17.7 Å². The molecule has 1 aliphatic carbocycles. The van der Waals surface area contributed by atoms with Crippen molar-refractivity contribution in [3.05, 3.63) is 30.1 Å². The average molecular weight is 305 g/mol. The summed E-state index contributed by atoms with van der Waals surface area (Å²) in [6, 6.07) is 6.75. The molecule has 114 valence electrons. The molecule has 1 unspecified atom stereocenters. The van der Waals surface area contributed by atoms with E-state index in [2.05, 4.69) is 15.2 Å². The van der Waals surface area contributed by atoms with Crippen LogP contribution in [0.2, 0.25) is 0 Å². The second kappa shape index (κ2) is 7.27. The van der Waals surface area contributed by atoms with E-state index in [1.54, 1.807) is 18.0 Å². The summed E-state index contributed by atoms with van der Waals surface area (Å²) in [4.78, 5) is 18.7. The first-order valence-corrected chi connectivity index (χ1v) is 8.95. The van der Waals surface area contributed by atoms with Gasteiger partial charge in [0.25, 0.3) is 0 Å². The van der Waals surface area contributed by atoms with Gasteiger partial charge in [-0.15, -0.1) is 11.8 Å². The van der Waals surface area contributed by atoms with Crippen molar-refractivity contribution in [2.45, 2.75) is 31.1 Å². The van der Waals surface area contributed by atoms with Gasteiger partial charge in [0.15, 0.2) is 0 Å². The Kier molecular flexibility index (Phi) is 5.14. The van der Waals surface area contributed by atoms with Crippen LogP contribution < -0.4 is 5.32 Å². The Labute approximate surface area is 130 Å². The fourth-order valence-corrected chi connectivity index (χ4v) is 3.61. The molecule has 5 heteroatoms. The maximum absolute atomic E-state index is 11.9. The highest BCUT2D eigenvalue weighted by Gasteiger charge is 2.34. The average Bonchev–Trinajstić information content (AvgIpc) is 3.25. The zero-order valence-corrected chi connectivity index (χ0v) is 13.1. The molecule has 1 N–H and O–H groups in total. The van der Waals surface area contributed by atoms with E-state index in [4.69, 9.17) is 0 Å². The van der Waals surface area contributed by atoms with E-state index in [-0.39, 0.29) is 5.91 Å². The van der Waals surface area contributed by atoms with Gasteiger partial charge in [-0.3, -0.25) is 9.78 Å². The number of pyridine rings is 1. The van der Waals surface area contributed by atoms with Crippen molar-refractivity contribution in [1.82, 2.24) is 15.2 Å². The maximum atomic E-state index is 11.9. The largest absolute Gasteiger partial charge is 0.355 e. The molecule has 3 rings (SSSR count). The second-order valence-electron chi connectivity index (χ2n) is 6.00. The molecule has 1 atom stereocenters. The van der Waals surface area contributed by atoms with Crippen LogP contribution in [0.4, 0.5) is 0 Å². The molecule has 0 bridgehead atoms. The van der Waals surface area contributed by atoms with Crippen LogP contribution in [0.5, 0.6) is 0 Å². The van der Waals surface area contributed by atoms with Gasteiger partial charge in [-0.25, -0.2) is 0 Å². The van der Waals surface area contributed by atoms with E-state index in [0.717, 1.165) is 24.0 Å². The topological polar surface area (TPSA) is 45.2 Å². The highest BCUT2D eigenvalue weighted by Crippen LogP contribution is 2.31. The van der Waals surface area contributed by atoms with Gasteiger partial charge in [0.05, 0.1) is 11.4 Å². The minimum Gasteiger partial charge on any atom is -0.355 e. The van der Waals surface area contributed by atoms with E-state index in [1.807, 2.05) is 18.2 Å². The number of hydrogen-bond donors (Lipinski definition) is 1. The Hall–Kier alpha value is -1.07. The highest BCUT2D eigenvalue weighted by atomic mass is 32.2. The van der Waals surface area contributed by atoms with E-state index >= 15 is 0 Å². The number of amides is 1. The van der Waals surface area contributed by atoms with Crippen molar-refractivity contribution in [1.29, 1.82) is 0 Å². The van der Waals surface area contributed by atoms with Crippen LogP contribution in [0.1, 0.15) is 25.0 Å². The lowest BCUT2D eigenvalue weighted by Crippen LogP contribution is -2.32. The minimum atomic E-state index is 0.154. The summed E-state index contributed by atoms with van der Waals surface area (Å²) in [5.41, 5.74) is 1.03. The first-order chi connectivity index (χ1) is 10.3. The molecule has 0 aromatic carbocycles. The normalized spacial score (nSPS) is 22.4. The minimum absolute atomic E-state index is 0.154. The molecule has 0 radical (unpaired) electrons. The SMILES string of the molecule is O=C(CSCc1ccccn1)NCC1CCN(C2CC2)C1. The summed E-state index contributed by atoms with van der Waals surface area (Å²) in [6.45, 7) is 3.23. The molecule has 1 amide bonds. The number of nitrogens with zero attached hydrogens (tertiary/aromatic N) is 2. The molecule has 2 fully saturated rings. The smallest absolute Gasteiger partial charge is 0.230 e. The van der Waals surface area contributed by atoms with Gasteiger partial charge in [0, 0.05) is 31.1 Å². The van der Waals surface area contributed by atoms with E-state index < -0.39 is 0 Å². The lowest BCUT2D eigenvalue weighted by atomic mass is 10.1. The predicted octanol–water partition coefficient (Wildman–Crippen LogP) is 1.92. The number of carbonyl (C=O) groups excluding carboxylic acids is 1. The van der Waals surface area contributed by atoms with Crippen molar-refractivity contribution < 1.29 is 4.79 Å². The summed E-state index contributed by atoms with van der Waals surface area (Å²) in [6.07, 6.45) is 5.78. The van der Waals surface area contributed by atoms with Crippen LogP contribution in [-0.4, -0.2) is 47.2 Å². The van der Waals surface area contributed by atoms with Gasteiger partial charge in [-0.2, -0.15) is 0 Å². The molecule has 1 aromatic heterocycles. The van der Waals surface area contributed by atoms with Gasteiger partial charge >= 0.3 is 0 Å². The molecule has 1 saturated heterocycles. The number of nitrogens with one attached hydrogen (secondary N) is 1. The number of likely N-dealkylation sites (tertiary alicyclic amines) is 1. The third-order valence-corrected chi connectivity index (χ3v) is 5.14. The Morgan fingerprint density at radius 2 is 2.29 bits per heavy atom. The maximum Gasteiger partial charge on any atom is 0.230 e. The fourth-order valence-electron chi connectivity index (χ4n) is 2.84. The first kappa shape index (κ1) is 14.9. The third kappa shape index (κ3) is 4.71. The van der Waals surface area contributed by atoms with Crippen molar-refractivity contribution in [3.63, 3.8) is 0 Å². The molecule has 1 saturated carbocycles. The van der Waals surface area contributed by atoms with Gasteiger partial charge in [-0.05, 0) is 43.9 Å². The quantitative estimate of drug-likeness (QED) is 0.836. The standard InChI is InChI=1S/C16H23N3OS/c20-16(12-21-11-14-3-1-2-7-17-14)18-9-13-6-8-19(10-13)15-4-5-15/h1-3,7,13,15H,4-6,8-12H2,(H,18,20).